The molecule has 0 fully saturated rings. The van der Waals surface area contributed by atoms with Crippen molar-refractivity contribution in [2.75, 3.05) is 0 Å². The molecule has 0 spiro atoms. The number of halogens is 3. The van der Waals surface area contributed by atoms with Crippen LogP contribution in [0.15, 0.2) is 34.9 Å². The lowest BCUT2D eigenvalue weighted by Crippen LogP contribution is -2.33. The van der Waals surface area contributed by atoms with Gasteiger partial charge in [0.15, 0.2) is 0 Å². The molecular formula is C11H15F3N2OS. The molecule has 0 bridgehead atoms. The van der Waals surface area contributed by atoms with Crippen LogP contribution in [0.1, 0.15) is 20.3 Å². The van der Waals surface area contributed by atoms with E-state index >= 15 is 0 Å². The van der Waals surface area contributed by atoms with E-state index in [0.717, 1.165) is 35.0 Å². The van der Waals surface area contributed by atoms with E-state index in [1.807, 2.05) is 19.9 Å². The van der Waals surface area contributed by atoms with Gasteiger partial charge in [-0.25, -0.2) is 0 Å². The second-order valence-electron chi connectivity index (χ2n) is 3.15. The molecule has 0 saturated carbocycles. The molecule has 7 heteroatoms. The van der Waals surface area contributed by atoms with E-state index < -0.39 is 12.1 Å². The number of carbonyl (C=O) groups excluding carboxylic acids is 1. The Morgan fingerprint density at radius 2 is 2.06 bits per heavy atom. The Labute approximate surface area is 108 Å². The number of nitrogens with two attached hydrogens (primary N) is 1. The third-order valence-electron chi connectivity index (χ3n) is 1.99. The van der Waals surface area contributed by atoms with Gasteiger partial charge >= 0.3 is 12.1 Å². The van der Waals surface area contributed by atoms with E-state index in [0.29, 0.717) is 0 Å². The molecule has 0 heterocycles. The lowest BCUT2D eigenvalue weighted by atomic mass is 10.2. The number of nitrogens with one attached hydrogen (secondary N) is 1. The number of carbonyl (C=O) groups is 1. The molecule has 0 atom stereocenters. The SMILES string of the molecule is C\C=C(CC)/C(=C\C=C\NC(=O)C(F)(F)F)SN. The highest BCUT2D eigenvalue weighted by atomic mass is 32.2. The van der Waals surface area contributed by atoms with Gasteiger partial charge in [-0.15, -0.1) is 0 Å². The molecule has 0 aromatic heterocycles. The maximum Gasteiger partial charge on any atom is 0.471 e. The highest BCUT2D eigenvalue weighted by Gasteiger charge is 2.37. The molecule has 3 nitrogen and oxygen atoms in total. The number of alkyl halides is 3. The van der Waals surface area contributed by atoms with Crippen LogP contribution in [-0.4, -0.2) is 12.1 Å². The van der Waals surface area contributed by atoms with Crippen LogP contribution in [0.3, 0.4) is 0 Å². The molecule has 3 N–H and O–H groups in total. The average Bonchev–Trinajstić information content (AvgIpc) is 2.31. The first kappa shape index (κ1) is 16.8. The smallest absolute Gasteiger partial charge is 0.325 e. The maximum absolute atomic E-state index is 11.8. The second-order valence-corrected chi connectivity index (χ2v) is 3.82. The molecule has 0 radical (unpaired) electrons. The number of hydrogen-bond acceptors (Lipinski definition) is 3. The Kier molecular flexibility index (Phi) is 7.45. The summed E-state index contributed by atoms with van der Waals surface area (Å²) in [4.78, 5) is 11.2. The summed E-state index contributed by atoms with van der Waals surface area (Å²) in [5.74, 6) is -2.00. The minimum absolute atomic E-state index is 0.734. The van der Waals surface area contributed by atoms with Crippen LogP contribution in [0.4, 0.5) is 13.2 Å². The summed E-state index contributed by atoms with van der Waals surface area (Å²) >= 11 is 0.998. The molecule has 0 aliphatic rings. The summed E-state index contributed by atoms with van der Waals surface area (Å²) in [6, 6.07) is 0. The zero-order valence-electron chi connectivity index (χ0n) is 10.0. The fourth-order valence-electron chi connectivity index (χ4n) is 1.08. The Bertz CT molecular complexity index is 373. The minimum atomic E-state index is -4.88. The fraction of sp³-hybridized carbons (Fsp3) is 0.364. The molecular weight excluding hydrogens is 265 g/mol. The Morgan fingerprint density at radius 3 is 2.44 bits per heavy atom. The monoisotopic (exact) mass is 280 g/mol. The zero-order chi connectivity index (χ0) is 14.2. The van der Waals surface area contributed by atoms with Gasteiger partial charge in [-0.1, -0.05) is 13.0 Å². The fourth-order valence-corrected chi connectivity index (χ4v) is 1.65. The van der Waals surface area contributed by atoms with Crippen LogP contribution < -0.4 is 10.5 Å². The topological polar surface area (TPSA) is 55.1 Å². The van der Waals surface area contributed by atoms with Crippen molar-refractivity contribution in [3.05, 3.63) is 34.9 Å². The van der Waals surface area contributed by atoms with Crippen LogP contribution >= 0.6 is 11.9 Å². The van der Waals surface area contributed by atoms with Gasteiger partial charge in [-0.05, 0) is 43.0 Å². The molecule has 0 aliphatic heterocycles. The van der Waals surface area contributed by atoms with Gasteiger partial charge in [-0.3, -0.25) is 9.93 Å². The zero-order valence-corrected chi connectivity index (χ0v) is 10.9. The molecule has 18 heavy (non-hydrogen) atoms. The van der Waals surface area contributed by atoms with E-state index in [4.69, 9.17) is 5.14 Å². The lowest BCUT2D eigenvalue weighted by Gasteiger charge is -2.05. The Morgan fingerprint density at radius 1 is 1.44 bits per heavy atom. The summed E-state index contributed by atoms with van der Waals surface area (Å²) < 4.78 is 35.5. The van der Waals surface area contributed by atoms with Gasteiger partial charge in [0.05, 0.1) is 0 Å². The van der Waals surface area contributed by atoms with Crippen molar-refractivity contribution in [1.29, 1.82) is 0 Å². The molecule has 0 aromatic carbocycles. The van der Waals surface area contributed by atoms with Gasteiger partial charge in [0, 0.05) is 11.1 Å². The van der Waals surface area contributed by atoms with Gasteiger partial charge in [0.1, 0.15) is 0 Å². The normalized spacial score (nSPS) is 14.1. The van der Waals surface area contributed by atoms with Crippen LogP contribution in [-0.2, 0) is 4.79 Å². The van der Waals surface area contributed by atoms with Gasteiger partial charge in [0.2, 0.25) is 0 Å². The molecule has 0 unspecified atom stereocenters. The van der Waals surface area contributed by atoms with Crippen LogP contribution in [0, 0.1) is 0 Å². The van der Waals surface area contributed by atoms with Crippen LogP contribution in [0.5, 0.6) is 0 Å². The largest absolute Gasteiger partial charge is 0.471 e. The van der Waals surface area contributed by atoms with Crippen LogP contribution in [0.2, 0.25) is 0 Å². The van der Waals surface area contributed by atoms with Crippen molar-refractivity contribution in [3.63, 3.8) is 0 Å². The molecule has 102 valence electrons. The average molecular weight is 280 g/mol. The van der Waals surface area contributed by atoms with Gasteiger partial charge < -0.3 is 5.32 Å². The first-order chi connectivity index (χ1) is 8.36. The maximum atomic E-state index is 11.8. The Balaban J connectivity index is 4.57. The third kappa shape index (κ3) is 5.92. The number of allylic oxidation sites excluding steroid dienone is 4. The van der Waals surface area contributed by atoms with Crippen molar-refractivity contribution in [2.24, 2.45) is 5.14 Å². The lowest BCUT2D eigenvalue weighted by molar-refractivity contribution is -0.172. The van der Waals surface area contributed by atoms with E-state index in [-0.39, 0.29) is 0 Å². The first-order valence-corrected chi connectivity index (χ1v) is 6.01. The highest BCUT2D eigenvalue weighted by Crippen LogP contribution is 2.21. The summed E-state index contributed by atoms with van der Waals surface area (Å²) in [5, 5.41) is 7.06. The Hall–Kier alpha value is -1.21. The van der Waals surface area contributed by atoms with Crippen molar-refractivity contribution < 1.29 is 18.0 Å². The summed E-state index contributed by atoms with van der Waals surface area (Å²) in [6.45, 7) is 3.78. The summed E-state index contributed by atoms with van der Waals surface area (Å²) in [5.41, 5.74) is 0.981. The van der Waals surface area contributed by atoms with E-state index in [2.05, 4.69) is 0 Å². The van der Waals surface area contributed by atoms with Crippen molar-refractivity contribution >= 4 is 17.9 Å². The molecule has 1 amide bonds. The molecule has 0 saturated heterocycles. The molecule has 0 aromatic rings. The van der Waals surface area contributed by atoms with Crippen molar-refractivity contribution in [2.45, 2.75) is 26.4 Å². The summed E-state index contributed by atoms with van der Waals surface area (Å²) in [7, 11) is 0. The third-order valence-corrected chi connectivity index (χ3v) is 2.64. The number of rotatable bonds is 5. The number of amides is 1. The molecule has 0 rings (SSSR count). The van der Waals surface area contributed by atoms with Crippen molar-refractivity contribution in [1.82, 2.24) is 5.32 Å². The van der Waals surface area contributed by atoms with E-state index in [9.17, 15) is 18.0 Å². The second kappa shape index (κ2) is 7.99. The summed E-state index contributed by atoms with van der Waals surface area (Å²) in [6.07, 6.45) is 1.52. The highest BCUT2D eigenvalue weighted by molar-refractivity contribution is 8.01. The van der Waals surface area contributed by atoms with Gasteiger partial charge in [-0.2, -0.15) is 13.2 Å². The predicted molar refractivity (Wildman–Crippen MR) is 67.2 cm³/mol. The standard InChI is InChI=1S/C11H15F3N2OS/c1-3-8(4-2)9(18-15)6-5-7-16-10(17)11(12,13)14/h3,5-7H,4,15H2,1-2H3,(H,16,17)/b7-5+,8-3-,9-6+. The minimum Gasteiger partial charge on any atom is -0.325 e. The first-order valence-electron chi connectivity index (χ1n) is 5.13. The van der Waals surface area contributed by atoms with E-state index in [1.54, 1.807) is 11.4 Å². The van der Waals surface area contributed by atoms with E-state index in [1.165, 1.54) is 6.08 Å². The van der Waals surface area contributed by atoms with Crippen molar-refractivity contribution in [3.8, 4) is 0 Å². The van der Waals surface area contributed by atoms with Crippen LogP contribution in [0.25, 0.3) is 0 Å². The van der Waals surface area contributed by atoms with Gasteiger partial charge in [0.25, 0.3) is 0 Å². The number of hydrogen-bond donors (Lipinski definition) is 2. The quantitative estimate of drug-likeness (QED) is 0.601. The predicted octanol–water partition coefficient (Wildman–Crippen LogP) is 3.03. The molecule has 0 aliphatic carbocycles.